The highest BCUT2D eigenvalue weighted by Crippen LogP contribution is 2.36. The molecule has 0 aliphatic carbocycles. The summed E-state index contributed by atoms with van der Waals surface area (Å²) in [6, 6.07) is 16.9. The van der Waals surface area contributed by atoms with Crippen molar-refractivity contribution in [2.75, 3.05) is 10.2 Å². The number of carbonyl (C=O) groups is 2. The number of hydrogen-bond donors (Lipinski definition) is 1. The summed E-state index contributed by atoms with van der Waals surface area (Å²) in [6.45, 7) is 7.65. The molecule has 0 fully saturated rings. The molecule has 7 nitrogen and oxygen atoms in total. The second-order valence-corrected chi connectivity index (χ2v) is 8.16. The Morgan fingerprint density at radius 1 is 0.848 bits per heavy atom. The summed E-state index contributed by atoms with van der Waals surface area (Å²) in [5, 5.41) is 14.3. The Bertz CT molecular complexity index is 1340. The number of imide groups is 1. The fourth-order valence-electron chi connectivity index (χ4n) is 3.87. The number of carbonyl (C=O) groups excluding carboxylic acids is 2. The van der Waals surface area contributed by atoms with Crippen LogP contribution in [0.3, 0.4) is 0 Å². The third-order valence-electron chi connectivity index (χ3n) is 5.92. The molecular formula is C26H23N3O4. The van der Waals surface area contributed by atoms with Crippen LogP contribution in [0.25, 0.3) is 5.57 Å². The summed E-state index contributed by atoms with van der Waals surface area (Å²) >= 11 is 0. The van der Waals surface area contributed by atoms with E-state index in [-0.39, 0.29) is 17.0 Å². The molecule has 1 N–H and O–H groups in total. The van der Waals surface area contributed by atoms with Gasteiger partial charge in [-0.05, 0) is 79.8 Å². The van der Waals surface area contributed by atoms with Crippen LogP contribution in [-0.2, 0) is 9.59 Å². The van der Waals surface area contributed by atoms with Crippen molar-refractivity contribution >= 4 is 34.4 Å². The lowest BCUT2D eigenvalue weighted by atomic mass is 10.0. The predicted molar refractivity (Wildman–Crippen MR) is 128 cm³/mol. The van der Waals surface area contributed by atoms with Crippen molar-refractivity contribution in [3.63, 3.8) is 0 Å². The van der Waals surface area contributed by atoms with Crippen LogP contribution in [0.1, 0.15) is 27.8 Å². The van der Waals surface area contributed by atoms with Gasteiger partial charge in [0.1, 0.15) is 5.70 Å². The summed E-state index contributed by atoms with van der Waals surface area (Å²) in [6.07, 6.45) is 0. The van der Waals surface area contributed by atoms with Gasteiger partial charge >= 0.3 is 0 Å². The predicted octanol–water partition coefficient (Wildman–Crippen LogP) is 5.23. The van der Waals surface area contributed by atoms with Crippen LogP contribution in [0.5, 0.6) is 0 Å². The van der Waals surface area contributed by atoms with Crippen molar-refractivity contribution in [3.8, 4) is 0 Å². The van der Waals surface area contributed by atoms with E-state index in [0.29, 0.717) is 16.9 Å². The van der Waals surface area contributed by atoms with Gasteiger partial charge in [-0.2, -0.15) is 0 Å². The first-order chi connectivity index (χ1) is 15.7. The Labute approximate surface area is 191 Å². The number of nitro benzene ring substituents is 1. The Morgan fingerprint density at radius 2 is 1.55 bits per heavy atom. The van der Waals surface area contributed by atoms with Gasteiger partial charge in [-0.3, -0.25) is 19.7 Å². The van der Waals surface area contributed by atoms with E-state index in [2.05, 4.69) is 5.32 Å². The number of anilines is 2. The molecule has 33 heavy (non-hydrogen) atoms. The Hall–Kier alpha value is -4.26. The van der Waals surface area contributed by atoms with Gasteiger partial charge in [0.25, 0.3) is 17.5 Å². The Kier molecular flexibility index (Phi) is 5.55. The van der Waals surface area contributed by atoms with E-state index in [4.69, 9.17) is 0 Å². The van der Waals surface area contributed by atoms with Crippen LogP contribution in [0, 0.1) is 37.8 Å². The van der Waals surface area contributed by atoms with E-state index in [9.17, 15) is 19.7 Å². The highest BCUT2D eigenvalue weighted by Gasteiger charge is 2.41. The molecule has 0 spiro atoms. The molecular weight excluding hydrogens is 418 g/mol. The fraction of sp³-hybridized carbons (Fsp3) is 0.154. The first-order valence-corrected chi connectivity index (χ1v) is 10.5. The number of amides is 2. The van der Waals surface area contributed by atoms with Crippen LogP contribution in [0.4, 0.5) is 17.1 Å². The van der Waals surface area contributed by atoms with E-state index in [1.165, 1.54) is 29.2 Å². The topological polar surface area (TPSA) is 92.6 Å². The molecule has 1 aliphatic heterocycles. The molecule has 0 saturated carbocycles. The standard InChI is InChI=1S/C26H23N3O4/c1-15-8-9-17(3)21(14-15)27-24-23(19-10-12-20(13-11-19)29(32)33)25(30)28(26(24)31)22-7-5-6-16(2)18(22)4/h5-14,27H,1-4H3. The third-order valence-corrected chi connectivity index (χ3v) is 5.92. The van der Waals surface area contributed by atoms with Crippen molar-refractivity contribution in [2.24, 2.45) is 0 Å². The number of benzene rings is 3. The summed E-state index contributed by atoms with van der Waals surface area (Å²) in [5.74, 6) is -0.946. The molecule has 4 rings (SSSR count). The summed E-state index contributed by atoms with van der Waals surface area (Å²) in [4.78, 5) is 39.0. The maximum Gasteiger partial charge on any atom is 0.282 e. The molecule has 2 amide bonds. The molecule has 7 heteroatoms. The molecule has 3 aromatic carbocycles. The number of nitro groups is 1. The maximum atomic E-state index is 13.6. The number of hydrogen-bond acceptors (Lipinski definition) is 5. The molecule has 1 aliphatic rings. The highest BCUT2D eigenvalue weighted by atomic mass is 16.6. The lowest BCUT2D eigenvalue weighted by molar-refractivity contribution is -0.384. The van der Waals surface area contributed by atoms with Gasteiger partial charge in [-0.25, -0.2) is 4.90 Å². The van der Waals surface area contributed by atoms with Gasteiger partial charge in [0, 0.05) is 17.8 Å². The minimum Gasteiger partial charge on any atom is -0.350 e. The number of nitrogens with one attached hydrogen (secondary N) is 1. The normalized spacial score (nSPS) is 13.6. The van der Waals surface area contributed by atoms with Gasteiger partial charge in [0.05, 0.1) is 16.2 Å². The fourth-order valence-corrected chi connectivity index (χ4v) is 3.87. The van der Waals surface area contributed by atoms with Crippen molar-refractivity contribution in [1.29, 1.82) is 0 Å². The minimum absolute atomic E-state index is 0.0912. The summed E-state index contributed by atoms with van der Waals surface area (Å²) in [5.41, 5.74) is 5.60. The summed E-state index contributed by atoms with van der Waals surface area (Å²) < 4.78 is 0. The van der Waals surface area contributed by atoms with Crippen LogP contribution in [-0.4, -0.2) is 16.7 Å². The van der Waals surface area contributed by atoms with Gasteiger partial charge in [-0.1, -0.05) is 24.3 Å². The van der Waals surface area contributed by atoms with Crippen LogP contribution in [0.15, 0.2) is 66.4 Å². The van der Waals surface area contributed by atoms with Crippen molar-refractivity contribution in [1.82, 2.24) is 0 Å². The molecule has 0 aromatic heterocycles. The van der Waals surface area contributed by atoms with E-state index >= 15 is 0 Å². The lowest BCUT2D eigenvalue weighted by Crippen LogP contribution is -2.33. The molecule has 0 bridgehead atoms. The monoisotopic (exact) mass is 441 g/mol. The van der Waals surface area contributed by atoms with Crippen LogP contribution < -0.4 is 10.2 Å². The van der Waals surface area contributed by atoms with E-state index < -0.39 is 16.7 Å². The van der Waals surface area contributed by atoms with Gasteiger partial charge in [0.15, 0.2) is 0 Å². The Morgan fingerprint density at radius 3 is 2.21 bits per heavy atom. The molecule has 166 valence electrons. The van der Waals surface area contributed by atoms with Crippen molar-refractivity contribution in [2.45, 2.75) is 27.7 Å². The van der Waals surface area contributed by atoms with E-state index in [1.807, 2.05) is 52.0 Å². The zero-order chi connectivity index (χ0) is 23.9. The van der Waals surface area contributed by atoms with Crippen molar-refractivity contribution in [3.05, 3.63) is 104 Å². The molecule has 3 aromatic rings. The lowest BCUT2D eigenvalue weighted by Gasteiger charge is -2.19. The number of aryl methyl sites for hydroxylation is 3. The van der Waals surface area contributed by atoms with Crippen molar-refractivity contribution < 1.29 is 14.5 Å². The molecule has 0 radical (unpaired) electrons. The largest absolute Gasteiger partial charge is 0.350 e. The first kappa shape index (κ1) is 22.0. The average Bonchev–Trinajstić information content (AvgIpc) is 3.02. The van der Waals surface area contributed by atoms with Crippen LogP contribution >= 0.6 is 0 Å². The third kappa shape index (κ3) is 3.89. The first-order valence-electron chi connectivity index (χ1n) is 10.5. The zero-order valence-electron chi connectivity index (χ0n) is 18.8. The molecule has 1 heterocycles. The highest BCUT2D eigenvalue weighted by molar-refractivity contribution is 6.46. The van der Waals surface area contributed by atoms with Gasteiger partial charge in [0.2, 0.25) is 0 Å². The number of rotatable bonds is 5. The van der Waals surface area contributed by atoms with E-state index in [1.54, 1.807) is 12.1 Å². The second-order valence-electron chi connectivity index (χ2n) is 8.16. The zero-order valence-corrected chi connectivity index (χ0v) is 18.8. The molecule has 0 saturated heterocycles. The van der Waals surface area contributed by atoms with E-state index in [0.717, 1.165) is 22.3 Å². The number of nitrogens with zero attached hydrogens (tertiary/aromatic N) is 2. The Balaban J connectivity index is 1.88. The van der Waals surface area contributed by atoms with Gasteiger partial charge in [-0.15, -0.1) is 0 Å². The summed E-state index contributed by atoms with van der Waals surface area (Å²) in [7, 11) is 0. The number of non-ortho nitro benzene ring substituents is 1. The SMILES string of the molecule is Cc1ccc(C)c(NC2=C(c3ccc([N+](=O)[O-])cc3)C(=O)N(c3cccc(C)c3C)C2=O)c1. The average molecular weight is 441 g/mol. The van der Waals surface area contributed by atoms with Gasteiger partial charge < -0.3 is 5.32 Å². The quantitative estimate of drug-likeness (QED) is 0.333. The smallest absolute Gasteiger partial charge is 0.282 e. The second kappa shape index (κ2) is 8.35. The van der Waals surface area contributed by atoms with Crippen LogP contribution in [0.2, 0.25) is 0 Å². The molecule has 0 unspecified atom stereocenters. The maximum absolute atomic E-state index is 13.6. The minimum atomic E-state index is -0.503. The molecule has 0 atom stereocenters.